The van der Waals surface area contributed by atoms with Gasteiger partial charge < -0.3 is 10.1 Å². The van der Waals surface area contributed by atoms with Gasteiger partial charge >= 0.3 is 0 Å². The molecule has 28 heavy (non-hydrogen) atoms. The van der Waals surface area contributed by atoms with E-state index >= 15 is 0 Å². The van der Waals surface area contributed by atoms with E-state index in [-0.39, 0.29) is 5.91 Å². The van der Waals surface area contributed by atoms with E-state index in [2.05, 4.69) is 33.9 Å². The molecule has 0 bridgehead atoms. The van der Waals surface area contributed by atoms with Crippen LogP contribution < -0.4 is 10.1 Å². The Bertz CT molecular complexity index is 775. The monoisotopic (exact) mass is 402 g/mol. The molecule has 1 N–H and O–H groups in total. The van der Waals surface area contributed by atoms with Crippen molar-refractivity contribution in [3.8, 4) is 17.1 Å². The standard InChI is InChI=1S/C21H30N4O2S/c1-4-13-22-19(26)14-28-21-24-23-20(16-9-11-17(27-3)12-10-16)25(21)18-8-6-5-7-15(18)2/h9-12,15,18H,4-8,13-14H2,1-3H3,(H,22,26)/t15-,18+/m1/s1. The average Bonchev–Trinajstić information content (AvgIpc) is 3.14. The van der Waals surface area contributed by atoms with Crippen molar-refractivity contribution in [1.29, 1.82) is 0 Å². The molecule has 2 aromatic rings. The normalized spacial score (nSPS) is 19.4. The van der Waals surface area contributed by atoms with Crippen molar-refractivity contribution in [2.45, 2.75) is 57.1 Å². The highest BCUT2D eigenvalue weighted by molar-refractivity contribution is 7.99. The zero-order valence-electron chi connectivity index (χ0n) is 17.0. The Morgan fingerprint density at radius 3 is 2.68 bits per heavy atom. The zero-order chi connectivity index (χ0) is 19.9. The molecule has 2 atom stereocenters. The fourth-order valence-corrected chi connectivity index (χ4v) is 4.56. The van der Waals surface area contributed by atoms with Crippen LogP contribution in [-0.2, 0) is 4.79 Å². The summed E-state index contributed by atoms with van der Waals surface area (Å²) >= 11 is 1.48. The fourth-order valence-electron chi connectivity index (χ4n) is 3.74. The van der Waals surface area contributed by atoms with Gasteiger partial charge in [-0.05, 0) is 49.4 Å². The Kier molecular flexibility index (Phi) is 7.36. The molecule has 1 aliphatic rings. The molecule has 0 saturated heterocycles. The first-order valence-corrected chi connectivity index (χ1v) is 11.1. The maximum Gasteiger partial charge on any atom is 0.230 e. The van der Waals surface area contributed by atoms with E-state index in [0.717, 1.165) is 35.1 Å². The maximum absolute atomic E-state index is 12.1. The highest BCUT2D eigenvalue weighted by Gasteiger charge is 2.28. The summed E-state index contributed by atoms with van der Waals surface area (Å²) in [5, 5.41) is 12.7. The smallest absolute Gasteiger partial charge is 0.230 e. The summed E-state index contributed by atoms with van der Waals surface area (Å²) in [7, 11) is 1.67. The molecule has 1 heterocycles. The van der Waals surface area contributed by atoms with Gasteiger partial charge in [0.1, 0.15) is 5.75 Å². The Morgan fingerprint density at radius 1 is 1.25 bits per heavy atom. The van der Waals surface area contributed by atoms with E-state index in [4.69, 9.17) is 4.74 Å². The Balaban J connectivity index is 1.88. The molecule has 152 valence electrons. The van der Waals surface area contributed by atoms with E-state index in [1.54, 1.807) is 7.11 Å². The molecule has 6 nitrogen and oxygen atoms in total. The van der Waals surface area contributed by atoms with Crippen LogP contribution >= 0.6 is 11.8 Å². The van der Waals surface area contributed by atoms with Crippen LogP contribution in [0.2, 0.25) is 0 Å². The summed E-state index contributed by atoms with van der Waals surface area (Å²) in [6.07, 6.45) is 5.77. The molecular formula is C21H30N4O2S. The number of methoxy groups -OCH3 is 1. The molecule has 1 saturated carbocycles. The third-order valence-electron chi connectivity index (χ3n) is 5.32. The summed E-state index contributed by atoms with van der Waals surface area (Å²) in [4.78, 5) is 12.1. The fraction of sp³-hybridized carbons (Fsp3) is 0.571. The first kappa shape index (κ1) is 20.7. The number of hydrogen-bond donors (Lipinski definition) is 1. The molecule has 0 radical (unpaired) electrons. The van der Waals surface area contributed by atoms with E-state index in [0.29, 0.717) is 24.3 Å². The average molecular weight is 403 g/mol. The molecule has 0 unspecified atom stereocenters. The Morgan fingerprint density at radius 2 is 2.00 bits per heavy atom. The number of ether oxygens (including phenoxy) is 1. The van der Waals surface area contributed by atoms with Gasteiger partial charge in [-0.2, -0.15) is 0 Å². The molecule has 0 aliphatic heterocycles. The topological polar surface area (TPSA) is 69.0 Å². The Labute approximate surface area is 171 Å². The number of thioether (sulfide) groups is 1. The quantitative estimate of drug-likeness (QED) is 0.666. The molecular weight excluding hydrogens is 372 g/mol. The lowest BCUT2D eigenvalue weighted by atomic mass is 9.85. The number of nitrogens with zero attached hydrogens (tertiary/aromatic N) is 3. The van der Waals surface area contributed by atoms with Crippen molar-refractivity contribution in [2.24, 2.45) is 5.92 Å². The van der Waals surface area contributed by atoms with Crippen LogP contribution in [0.5, 0.6) is 5.75 Å². The highest BCUT2D eigenvalue weighted by Crippen LogP contribution is 2.39. The van der Waals surface area contributed by atoms with Crippen LogP contribution in [0.25, 0.3) is 11.4 Å². The number of nitrogens with one attached hydrogen (secondary N) is 1. The van der Waals surface area contributed by atoms with Gasteiger partial charge in [-0.25, -0.2) is 0 Å². The van der Waals surface area contributed by atoms with Gasteiger partial charge in [-0.3, -0.25) is 9.36 Å². The molecule has 1 aromatic carbocycles. The van der Waals surface area contributed by atoms with E-state index in [1.807, 2.05) is 24.3 Å². The van der Waals surface area contributed by atoms with Crippen LogP contribution in [0, 0.1) is 5.92 Å². The second kappa shape index (κ2) is 9.96. The largest absolute Gasteiger partial charge is 0.497 e. The van der Waals surface area contributed by atoms with Crippen LogP contribution in [0.4, 0.5) is 0 Å². The lowest BCUT2D eigenvalue weighted by Gasteiger charge is -2.31. The zero-order valence-corrected chi connectivity index (χ0v) is 17.8. The lowest BCUT2D eigenvalue weighted by molar-refractivity contribution is -0.118. The second-order valence-electron chi connectivity index (χ2n) is 7.37. The first-order chi connectivity index (χ1) is 13.6. The third kappa shape index (κ3) is 4.87. The van der Waals surface area contributed by atoms with E-state index < -0.39 is 0 Å². The number of rotatable bonds is 8. The summed E-state index contributed by atoms with van der Waals surface area (Å²) < 4.78 is 7.55. The second-order valence-corrected chi connectivity index (χ2v) is 8.31. The van der Waals surface area contributed by atoms with Crippen molar-refractivity contribution in [3.63, 3.8) is 0 Å². The molecule has 1 aliphatic carbocycles. The third-order valence-corrected chi connectivity index (χ3v) is 6.26. The molecule has 1 aromatic heterocycles. The van der Waals surface area contributed by atoms with Crippen LogP contribution in [0.15, 0.2) is 29.4 Å². The molecule has 7 heteroatoms. The number of benzene rings is 1. The number of hydrogen-bond acceptors (Lipinski definition) is 5. The van der Waals surface area contributed by atoms with Crippen molar-refractivity contribution in [3.05, 3.63) is 24.3 Å². The molecule has 1 amide bonds. The summed E-state index contributed by atoms with van der Waals surface area (Å²) in [5.74, 6) is 2.67. The lowest BCUT2D eigenvalue weighted by Crippen LogP contribution is -2.26. The van der Waals surface area contributed by atoms with Crippen molar-refractivity contribution >= 4 is 17.7 Å². The first-order valence-electron chi connectivity index (χ1n) is 10.1. The molecule has 1 fully saturated rings. The van der Waals surface area contributed by atoms with Crippen molar-refractivity contribution in [2.75, 3.05) is 19.4 Å². The number of aromatic nitrogens is 3. The molecule has 0 spiro atoms. The maximum atomic E-state index is 12.1. The highest BCUT2D eigenvalue weighted by atomic mass is 32.2. The number of carbonyl (C=O) groups is 1. The van der Waals surface area contributed by atoms with E-state index in [9.17, 15) is 4.79 Å². The SMILES string of the molecule is CCCNC(=O)CSc1nnc(-c2ccc(OC)cc2)n1[C@H]1CCCC[C@H]1C. The van der Waals surface area contributed by atoms with E-state index in [1.165, 1.54) is 31.0 Å². The Hall–Kier alpha value is -2.02. The van der Waals surface area contributed by atoms with Crippen LogP contribution in [-0.4, -0.2) is 40.1 Å². The minimum atomic E-state index is 0.0455. The van der Waals surface area contributed by atoms with Crippen molar-refractivity contribution in [1.82, 2.24) is 20.1 Å². The summed E-state index contributed by atoms with van der Waals surface area (Å²) in [5.41, 5.74) is 1.02. The van der Waals surface area contributed by atoms with Crippen LogP contribution in [0.3, 0.4) is 0 Å². The summed E-state index contributed by atoms with van der Waals surface area (Å²) in [6, 6.07) is 8.31. The van der Waals surface area contributed by atoms with Gasteiger partial charge in [-0.1, -0.05) is 38.5 Å². The summed E-state index contributed by atoms with van der Waals surface area (Å²) in [6.45, 7) is 5.07. The van der Waals surface area contributed by atoms with Gasteiger partial charge in [0.2, 0.25) is 5.91 Å². The predicted molar refractivity (Wildman–Crippen MR) is 113 cm³/mol. The predicted octanol–water partition coefficient (Wildman–Crippen LogP) is 4.32. The van der Waals surface area contributed by atoms with Crippen LogP contribution in [0.1, 0.15) is 52.0 Å². The van der Waals surface area contributed by atoms with Crippen molar-refractivity contribution < 1.29 is 9.53 Å². The number of amides is 1. The van der Waals surface area contributed by atoms with Gasteiger partial charge in [0.25, 0.3) is 0 Å². The minimum Gasteiger partial charge on any atom is -0.497 e. The van der Waals surface area contributed by atoms with Gasteiger partial charge in [0.05, 0.1) is 12.9 Å². The van der Waals surface area contributed by atoms with Gasteiger partial charge in [0.15, 0.2) is 11.0 Å². The minimum absolute atomic E-state index is 0.0455. The van der Waals surface area contributed by atoms with Gasteiger partial charge in [-0.15, -0.1) is 10.2 Å². The van der Waals surface area contributed by atoms with Gasteiger partial charge in [0, 0.05) is 18.2 Å². The molecule has 3 rings (SSSR count). The number of carbonyl (C=O) groups excluding carboxylic acids is 1.